The quantitative estimate of drug-likeness (QED) is 0.521. The van der Waals surface area contributed by atoms with Crippen molar-refractivity contribution in [1.82, 2.24) is 5.32 Å². The lowest BCUT2D eigenvalue weighted by Gasteiger charge is -2.11. The van der Waals surface area contributed by atoms with Crippen LogP contribution in [0.25, 0.3) is 0 Å². The third-order valence-electron chi connectivity index (χ3n) is 2.08. The van der Waals surface area contributed by atoms with E-state index in [2.05, 4.69) is 5.32 Å². The maximum atomic E-state index is 9.42. The average Bonchev–Trinajstić information content (AvgIpc) is 2.46. The van der Waals surface area contributed by atoms with Crippen molar-refractivity contribution >= 4 is 11.8 Å². The molecular weight excluding hydrogens is 174 g/mol. The maximum absolute atomic E-state index is 9.42. The molecule has 0 aromatic rings. The smallest absolute Gasteiger partial charge is 0.0712 e. The second-order valence-corrected chi connectivity index (χ2v) is 4.29. The van der Waals surface area contributed by atoms with Gasteiger partial charge in [-0.05, 0) is 17.9 Å². The molecule has 0 spiro atoms. The molecule has 1 heterocycles. The number of nitrogens with one attached hydrogen (secondary N) is 1. The van der Waals surface area contributed by atoms with Crippen LogP contribution >= 0.6 is 11.8 Å². The molecule has 72 valence electrons. The van der Waals surface area contributed by atoms with Gasteiger partial charge in [0, 0.05) is 25.6 Å². The first kappa shape index (κ1) is 10.3. The third-order valence-corrected chi connectivity index (χ3v) is 3.32. The van der Waals surface area contributed by atoms with Crippen molar-refractivity contribution in [1.29, 1.82) is 0 Å². The van der Waals surface area contributed by atoms with Gasteiger partial charge in [0.1, 0.15) is 0 Å². The Kier molecular flexibility index (Phi) is 4.99. The fourth-order valence-corrected chi connectivity index (χ4v) is 2.43. The number of aliphatic hydroxyl groups is 2. The van der Waals surface area contributed by atoms with Gasteiger partial charge < -0.3 is 15.5 Å². The molecule has 3 nitrogen and oxygen atoms in total. The van der Waals surface area contributed by atoms with Crippen molar-refractivity contribution in [2.75, 3.05) is 31.2 Å². The van der Waals surface area contributed by atoms with E-state index in [0.717, 1.165) is 31.0 Å². The van der Waals surface area contributed by atoms with Crippen LogP contribution in [-0.2, 0) is 0 Å². The van der Waals surface area contributed by atoms with E-state index >= 15 is 0 Å². The van der Waals surface area contributed by atoms with Crippen LogP contribution in [0.15, 0.2) is 0 Å². The summed E-state index contributed by atoms with van der Waals surface area (Å²) >= 11 is 1.82. The van der Waals surface area contributed by atoms with Gasteiger partial charge in [0.15, 0.2) is 0 Å². The van der Waals surface area contributed by atoms with E-state index in [1.807, 2.05) is 11.8 Å². The Morgan fingerprint density at radius 3 is 2.83 bits per heavy atom. The second-order valence-electron chi connectivity index (χ2n) is 3.14. The summed E-state index contributed by atoms with van der Waals surface area (Å²) in [5, 5.41) is 21.1. The van der Waals surface area contributed by atoms with Gasteiger partial charge in [0.25, 0.3) is 0 Å². The molecule has 12 heavy (non-hydrogen) atoms. The molecule has 1 rings (SSSR count). The molecule has 1 fully saturated rings. The summed E-state index contributed by atoms with van der Waals surface area (Å²) in [6.07, 6.45) is 0.701. The monoisotopic (exact) mass is 191 g/mol. The van der Waals surface area contributed by atoms with Gasteiger partial charge >= 0.3 is 0 Å². The first-order chi connectivity index (χ1) is 5.84. The second kappa shape index (κ2) is 5.80. The van der Waals surface area contributed by atoms with Crippen molar-refractivity contribution in [3.63, 3.8) is 0 Å². The SMILES string of the molecule is OCCCSC[C@H]1CNC[C@@H]1O. The van der Waals surface area contributed by atoms with Crippen molar-refractivity contribution < 1.29 is 10.2 Å². The minimum atomic E-state index is -0.161. The van der Waals surface area contributed by atoms with Crippen LogP contribution in [-0.4, -0.2) is 47.5 Å². The fraction of sp³-hybridized carbons (Fsp3) is 1.00. The normalized spacial score (nSPS) is 29.5. The van der Waals surface area contributed by atoms with Crippen molar-refractivity contribution in [2.45, 2.75) is 12.5 Å². The predicted octanol–water partition coefficient (Wildman–Crippen LogP) is -0.318. The lowest BCUT2D eigenvalue weighted by Crippen LogP contribution is -2.20. The molecule has 1 aliphatic rings. The third kappa shape index (κ3) is 3.31. The summed E-state index contributed by atoms with van der Waals surface area (Å²) < 4.78 is 0. The van der Waals surface area contributed by atoms with Crippen molar-refractivity contribution in [3.8, 4) is 0 Å². The molecule has 0 aromatic heterocycles. The first-order valence-corrected chi connectivity index (χ1v) is 5.57. The van der Waals surface area contributed by atoms with E-state index in [1.165, 1.54) is 0 Å². The minimum absolute atomic E-state index is 0.161. The molecule has 0 saturated carbocycles. The van der Waals surface area contributed by atoms with Gasteiger partial charge in [-0.3, -0.25) is 0 Å². The Hall–Kier alpha value is 0.230. The van der Waals surface area contributed by atoms with E-state index in [4.69, 9.17) is 5.11 Å². The number of aliphatic hydroxyl groups excluding tert-OH is 2. The lowest BCUT2D eigenvalue weighted by molar-refractivity contribution is 0.158. The molecule has 0 bridgehead atoms. The number of hydrogen-bond acceptors (Lipinski definition) is 4. The first-order valence-electron chi connectivity index (χ1n) is 4.42. The minimum Gasteiger partial charge on any atom is -0.396 e. The van der Waals surface area contributed by atoms with Crippen molar-refractivity contribution in [3.05, 3.63) is 0 Å². The zero-order chi connectivity index (χ0) is 8.81. The Morgan fingerprint density at radius 2 is 2.25 bits per heavy atom. The predicted molar refractivity (Wildman–Crippen MR) is 51.4 cm³/mol. The van der Waals surface area contributed by atoms with E-state index in [-0.39, 0.29) is 12.7 Å². The number of thioether (sulfide) groups is 1. The van der Waals surface area contributed by atoms with Crippen LogP contribution in [0.1, 0.15) is 6.42 Å². The van der Waals surface area contributed by atoms with Gasteiger partial charge in [-0.2, -0.15) is 11.8 Å². The van der Waals surface area contributed by atoms with Crippen LogP contribution < -0.4 is 5.32 Å². The van der Waals surface area contributed by atoms with Gasteiger partial charge in [-0.25, -0.2) is 0 Å². The molecule has 2 atom stereocenters. The van der Waals surface area contributed by atoms with Gasteiger partial charge in [-0.1, -0.05) is 0 Å². The molecule has 0 unspecified atom stereocenters. The Balaban J connectivity index is 1.98. The average molecular weight is 191 g/mol. The summed E-state index contributed by atoms with van der Waals surface area (Å²) in [6, 6.07) is 0. The number of β-amino-alcohol motifs (C(OH)–C–C–N with tert-alkyl or cyclic N) is 1. The highest BCUT2D eigenvalue weighted by Crippen LogP contribution is 2.15. The Bertz CT molecular complexity index is 124. The summed E-state index contributed by atoms with van der Waals surface area (Å²) in [6.45, 7) is 1.96. The highest BCUT2D eigenvalue weighted by Gasteiger charge is 2.24. The molecular formula is C8H17NO2S. The van der Waals surface area contributed by atoms with Crippen LogP contribution in [0.3, 0.4) is 0 Å². The van der Waals surface area contributed by atoms with E-state index in [0.29, 0.717) is 5.92 Å². The highest BCUT2D eigenvalue weighted by atomic mass is 32.2. The zero-order valence-electron chi connectivity index (χ0n) is 7.20. The zero-order valence-corrected chi connectivity index (χ0v) is 8.02. The lowest BCUT2D eigenvalue weighted by atomic mass is 10.1. The molecule has 0 amide bonds. The molecule has 4 heteroatoms. The summed E-state index contributed by atoms with van der Waals surface area (Å²) in [5.74, 6) is 2.42. The molecule has 0 radical (unpaired) electrons. The topological polar surface area (TPSA) is 52.5 Å². The molecule has 3 N–H and O–H groups in total. The number of rotatable bonds is 5. The van der Waals surface area contributed by atoms with E-state index in [1.54, 1.807) is 0 Å². The Labute approximate surface area is 77.5 Å². The Morgan fingerprint density at radius 1 is 1.42 bits per heavy atom. The fourth-order valence-electron chi connectivity index (χ4n) is 1.29. The van der Waals surface area contributed by atoms with Crippen LogP contribution in [0, 0.1) is 5.92 Å². The molecule has 0 aromatic carbocycles. The number of hydrogen-bond donors (Lipinski definition) is 3. The molecule has 0 aliphatic carbocycles. The largest absolute Gasteiger partial charge is 0.396 e. The van der Waals surface area contributed by atoms with Crippen LogP contribution in [0.2, 0.25) is 0 Å². The highest BCUT2D eigenvalue weighted by molar-refractivity contribution is 7.99. The molecule has 1 saturated heterocycles. The maximum Gasteiger partial charge on any atom is 0.0712 e. The summed E-state index contributed by atoms with van der Waals surface area (Å²) in [7, 11) is 0. The van der Waals surface area contributed by atoms with Crippen molar-refractivity contribution in [2.24, 2.45) is 5.92 Å². The van der Waals surface area contributed by atoms with Crippen LogP contribution in [0.4, 0.5) is 0 Å². The summed E-state index contributed by atoms with van der Waals surface area (Å²) in [4.78, 5) is 0. The summed E-state index contributed by atoms with van der Waals surface area (Å²) in [5.41, 5.74) is 0. The van der Waals surface area contributed by atoms with Crippen LogP contribution in [0.5, 0.6) is 0 Å². The van der Waals surface area contributed by atoms with E-state index in [9.17, 15) is 5.11 Å². The standard InChI is InChI=1S/C8H17NO2S/c10-2-1-3-12-6-7-4-9-5-8(7)11/h7-11H,1-6H2/t7-,8+/m1/s1. The van der Waals surface area contributed by atoms with Gasteiger partial charge in [0.05, 0.1) is 6.10 Å². The van der Waals surface area contributed by atoms with Gasteiger partial charge in [0.2, 0.25) is 0 Å². The van der Waals surface area contributed by atoms with Gasteiger partial charge in [-0.15, -0.1) is 0 Å². The molecule has 1 aliphatic heterocycles. The van der Waals surface area contributed by atoms with E-state index < -0.39 is 0 Å².